The third kappa shape index (κ3) is 10.1. The van der Waals surface area contributed by atoms with Crippen LogP contribution in [0.2, 0.25) is 0 Å². The van der Waals surface area contributed by atoms with E-state index in [1.54, 1.807) is 0 Å². The third-order valence-electron chi connectivity index (χ3n) is 5.49. The molecular weight excluding hydrogens is 549 g/mol. The standard InChI is InChI=1S/C29H26N4O2S2.2C2H6/c34-26(30-32(24-17-9-3-10-18-24)28(36)22-13-5-1-6-14-22)21-27(35)31-33(25-19-11-4-12-20-25)29(37)23-15-7-2-8-16-23;2*1-2/h1,3-7,9-20H,2,8,21H2,(H,30,34)(H,31,35);2*1-2H3. The lowest BCUT2D eigenvalue weighted by Crippen LogP contribution is -2.50. The van der Waals surface area contributed by atoms with Crippen molar-refractivity contribution < 1.29 is 9.59 Å². The van der Waals surface area contributed by atoms with Crippen LogP contribution in [0.3, 0.4) is 0 Å². The number of allylic oxidation sites excluding steroid dienone is 2. The van der Waals surface area contributed by atoms with E-state index in [0.717, 1.165) is 24.0 Å². The van der Waals surface area contributed by atoms with Gasteiger partial charge in [0.2, 0.25) is 11.8 Å². The second-order valence-electron chi connectivity index (χ2n) is 8.20. The van der Waals surface area contributed by atoms with Crippen LogP contribution < -0.4 is 20.9 Å². The van der Waals surface area contributed by atoms with Gasteiger partial charge in [-0.05, 0) is 37.1 Å². The Bertz CT molecular complexity index is 1330. The van der Waals surface area contributed by atoms with E-state index in [9.17, 15) is 9.59 Å². The number of hydrogen-bond acceptors (Lipinski definition) is 4. The number of carbonyl (C=O) groups excluding carboxylic acids is 2. The summed E-state index contributed by atoms with van der Waals surface area (Å²) in [7, 11) is 0. The minimum atomic E-state index is -0.518. The monoisotopic (exact) mass is 586 g/mol. The van der Waals surface area contributed by atoms with Crippen molar-refractivity contribution in [3.63, 3.8) is 0 Å². The molecule has 0 spiro atoms. The largest absolute Gasteiger partial charge is 0.273 e. The summed E-state index contributed by atoms with van der Waals surface area (Å²) in [6.45, 7) is 8.00. The highest BCUT2D eigenvalue weighted by Crippen LogP contribution is 2.20. The van der Waals surface area contributed by atoms with Crippen LogP contribution in [0.5, 0.6) is 0 Å². The molecule has 3 aromatic carbocycles. The molecule has 214 valence electrons. The Hall–Kier alpha value is -4.14. The predicted octanol–water partition coefficient (Wildman–Crippen LogP) is 7.48. The van der Waals surface area contributed by atoms with E-state index in [2.05, 4.69) is 10.9 Å². The molecule has 0 atom stereocenters. The number of anilines is 2. The van der Waals surface area contributed by atoms with Crippen LogP contribution in [0.1, 0.15) is 52.5 Å². The molecule has 0 saturated carbocycles. The zero-order chi connectivity index (χ0) is 30.0. The lowest BCUT2D eigenvalue weighted by atomic mass is 10.1. The average molecular weight is 587 g/mol. The first-order chi connectivity index (χ1) is 20.0. The number of para-hydroxylation sites is 2. The van der Waals surface area contributed by atoms with Crippen molar-refractivity contribution in [2.75, 3.05) is 10.0 Å². The van der Waals surface area contributed by atoms with Gasteiger partial charge in [-0.15, -0.1) is 0 Å². The number of benzene rings is 3. The molecule has 0 radical (unpaired) electrons. The molecule has 0 fully saturated rings. The number of carbonyl (C=O) groups is 2. The highest BCUT2D eigenvalue weighted by molar-refractivity contribution is 7.81. The molecule has 0 bridgehead atoms. The van der Waals surface area contributed by atoms with Gasteiger partial charge < -0.3 is 0 Å². The van der Waals surface area contributed by atoms with Crippen molar-refractivity contribution in [1.29, 1.82) is 0 Å². The number of thiocarbonyl (C=S) groups is 2. The molecule has 0 heterocycles. The van der Waals surface area contributed by atoms with Crippen molar-refractivity contribution in [3.05, 3.63) is 120 Å². The van der Waals surface area contributed by atoms with Crippen LogP contribution >= 0.6 is 24.4 Å². The number of hydrogen-bond donors (Lipinski definition) is 2. The van der Waals surface area contributed by atoms with E-state index in [0.29, 0.717) is 21.4 Å². The highest BCUT2D eigenvalue weighted by atomic mass is 32.1. The molecule has 2 amide bonds. The summed E-state index contributed by atoms with van der Waals surface area (Å²) < 4.78 is 0. The normalized spacial score (nSPS) is 11.3. The molecule has 4 rings (SSSR count). The second kappa shape index (κ2) is 18.3. The number of nitrogens with one attached hydrogen (secondary N) is 2. The van der Waals surface area contributed by atoms with E-state index in [1.807, 2.05) is 137 Å². The van der Waals surface area contributed by atoms with Gasteiger partial charge in [0.1, 0.15) is 16.4 Å². The van der Waals surface area contributed by atoms with Crippen LogP contribution in [-0.2, 0) is 9.59 Å². The minimum Gasteiger partial charge on any atom is -0.273 e. The SMILES string of the molecule is CC.CC.O=C(CC(=O)NN(C(=S)c1ccccc1)c1ccccc1)NN(C(=S)C1=CCCC=C1)c1ccccc1. The molecule has 2 N–H and O–H groups in total. The van der Waals surface area contributed by atoms with Crippen molar-refractivity contribution in [1.82, 2.24) is 10.9 Å². The van der Waals surface area contributed by atoms with Gasteiger partial charge in [0.25, 0.3) is 0 Å². The first-order valence-corrected chi connectivity index (χ1v) is 14.6. The van der Waals surface area contributed by atoms with E-state index in [-0.39, 0.29) is 0 Å². The molecule has 1 aliphatic rings. The Morgan fingerprint density at radius 2 is 1.10 bits per heavy atom. The smallest absolute Gasteiger partial charge is 0.248 e. The molecule has 8 heteroatoms. The van der Waals surface area contributed by atoms with E-state index in [1.165, 1.54) is 10.0 Å². The average Bonchev–Trinajstić information content (AvgIpc) is 3.05. The summed E-state index contributed by atoms with van der Waals surface area (Å²) in [5.41, 5.74) is 8.56. The second-order valence-corrected chi connectivity index (χ2v) is 8.98. The topological polar surface area (TPSA) is 64.7 Å². The molecule has 1 aliphatic carbocycles. The number of nitrogens with zero attached hydrogens (tertiary/aromatic N) is 2. The van der Waals surface area contributed by atoms with Crippen molar-refractivity contribution in [3.8, 4) is 0 Å². The molecule has 0 unspecified atom stereocenters. The van der Waals surface area contributed by atoms with Gasteiger partial charge in [-0.1, -0.05) is 137 Å². The van der Waals surface area contributed by atoms with Gasteiger partial charge in [-0.2, -0.15) is 0 Å². The summed E-state index contributed by atoms with van der Waals surface area (Å²) in [5.74, 6) is -1.03. The molecule has 0 aromatic heterocycles. The Kier molecular flexibility index (Phi) is 14.7. The van der Waals surface area contributed by atoms with Gasteiger partial charge in [-0.25, -0.2) is 10.0 Å². The molecule has 0 saturated heterocycles. The van der Waals surface area contributed by atoms with E-state index in [4.69, 9.17) is 24.4 Å². The zero-order valence-electron chi connectivity index (χ0n) is 24.0. The fourth-order valence-corrected chi connectivity index (χ4v) is 4.29. The number of amides is 2. The van der Waals surface area contributed by atoms with Gasteiger partial charge in [0.05, 0.1) is 11.4 Å². The molecular formula is C33H38N4O2S2. The molecule has 0 aliphatic heterocycles. The summed E-state index contributed by atoms with van der Waals surface area (Å²) in [4.78, 5) is 26.9. The molecule has 3 aromatic rings. The Labute approximate surface area is 254 Å². The third-order valence-corrected chi connectivity index (χ3v) is 6.33. The number of hydrazine groups is 2. The van der Waals surface area contributed by atoms with Crippen LogP contribution in [0, 0.1) is 0 Å². The van der Waals surface area contributed by atoms with Crippen molar-refractivity contribution >= 4 is 57.6 Å². The minimum absolute atomic E-state index is 0.406. The first kappa shape index (κ1) is 33.1. The quantitative estimate of drug-likeness (QED) is 0.177. The highest BCUT2D eigenvalue weighted by Gasteiger charge is 2.22. The van der Waals surface area contributed by atoms with E-state index >= 15 is 0 Å². The fourth-order valence-electron chi connectivity index (χ4n) is 3.70. The Balaban J connectivity index is 0.00000141. The Morgan fingerprint density at radius 3 is 1.54 bits per heavy atom. The summed E-state index contributed by atoms with van der Waals surface area (Å²) >= 11 is 11.4. The van der Waals surface area contributed by atoms with Crippen LogP contribution in [0.15, 0.2) is 115 Å². The lowest BCUT2D eigenvalue weighted by Gasteiger charge is -2.28. The van der Waals surface area contributed by atoms with Gasteiger partial charge >= 0.3 is 0 Å². The van der Waals surface area contributed by atoms with Crippen molar-refractivity contribution in [2.24, 2.45) is 0 Å². The van der Waals surface area contributed by atoms with Gasteiger partial charge in [0.15, 0.2) is 0 Å². The van der Waals surface area contributed by atoms with Crippen molar-refractivity contribution in [2.45, 2.75) is 47.0 Å². The van der Waals surface area contributed by atoms with Crippen LogP contribution in [0.25, 0.3) is 0 Å². The summed E-state index contributed by atoms with van der Waals surface area (Å²) in [6.07, 6.45) is 7.44. The fraction of sp³-hybridized carbons (Fsp3) is 0.212. The summed E-state index contributed by atoms with van der Waals surface area (Å²) in [5, 5.41) is 3.05. The van der Waals surface area contributed by atoms with Crippen LogP contribution in [0.4, 0.5) is 11.4 Å². The number of rotatable bonds is 6. The Morgan fingerprint density at radius 1 is 0.659 bits per heavy atom. The predicted molar refractivity (Wildman–Crippen MR) is 179 cm³/mol. The maximum absolute atomic E-state index is 13.0. The maximum Gasteiger partial charge on any atom is 0.248 e. The molecule has 41 heavy (non-hydrogen) atoms. The zero-order valence-corrected chi connectivity index (χ0v) is 25.7. The van der Waals surface area contributed by atoms with Crippen LogP contribution in [-0.4, -0.2) is 21.8 Å². The first-order valence-electron chi connectivity index (χ1n) is 13.8. The van der Waals surface area contributed by atoms with E-state index < -0.39 is 18.2 Å². The lowest BCUT2D eigenvalue weighted by molar-refractivity contribution is -0.129. The van der Waals surface area contributed by atoms with Gasteiger partial charge in [0, 0.05) is 11.1 Å². The summed E-state index contributed by atoms with van der Waals surface area (Å²) in [6, 6.07) is 27.9. The molecule has 6 nitrogen and oxygen atoms in total. The maximum atomic E-state index is 13.0. The van der Waals surface area contributed by atoms with Gasteiger partial charge in [-0.3, -0.25) is 20.4 Å².